The third-order valence-corrected chi connectivity index (χ3v) is 5.44. The van der Waals surface area contributed by atoms with Crippen molar-refractivity contribution in [3.8, 4) is 0 Å². The van der Waals surface area contributed by atoms with E-state index in [0.717, 1.165) is 5.69 Å². The molecule has 136 valence electrons. The van der Waals surface area contributed by atoms with E-state index < -0.39 is 0 Å². The summed E-state index contributed by atoms with van der Waals surface area (Å²) in [5.74, 6) is 0.817. The van der Waals surface area contributed by atoms with Gasteiger partial charge in [0.05, 0.1) is 11.9 Å². The standard InChI is InChI=1S/C16H17ClN6OS2/c1-10(2)23-13(6-7-18-23)20-14(24)9-25-16-22-21-15(26-16)19-12-5-3-4-11(17)8-12/h3-8,10H,9H2,1-2H3,(H,19,21)(H,20,24). The Bertz CT molecular complexity index is 894. The number of hydrogen-bond donors (Lipinski definition) is 2. The van der Waals surface area contributed by atoms with E-state index in [-0.39, 0.29) is 17.7 Å². The highest BCUT2D eigenvalue weighted by Crippen LogP contribution is 2.28. The van der Waals surface area contributed by atoms with Crippen LogP contribution in [0.1, 0.15) is 19.9 Å². The second-order valence-electron chi connectivity index (χ2n) is 5.60. The molecule has 2 N–H and O–H groups in total. The number of nitrogens with one attached hydrogen (secondary N) is 2. The molecule has 0 spiro atoms. The fraction of sp³-hybridized carbons (Fsp3) is 0.250. The van der Waals surface area contributed by atoms with Crippen LogP contribution >= 0.6 is 34.7 Å². The fourth-order valence-corrected chi connectivity index (χ4v) is 3.90. The molecule has 0 aliphatic rings. The molecule has 1 aromatic carbocycles. The molecule has 7 nitrogen and oxygen atoms in total. The van der Waals surface area contributed by atoms with Crippen LogP contribution in [0.2, 0.25) is 5.02 Å². The number of nitrogens with zero attached hydrogens (tertiary/aromatic N) is 4. The number of rotatable bonds is 7. The van der Waals surface area contributed by atoms with E-state index in [2.05, 4.69) is 25.9 Å². The highest BCUT2D eigenvalue weighted by molar-refractivity contribution is 8.01. The molecule has 0 saturated carbocycles. The van der Waals surface area contributed by atoms with Crippen molar-refractivity contribution in [1.82, 2.24) is 20.0 Å². The third kappa shape index (κ3) is 4.96. The molecule has 3 aromatic rings. The highest BCUT2D eigenvalue weighted by atomic mass is 35.5. The minimum Gasteiger partial charge on any atom is -0.330 e. The summed E-state index contributed by atoms with van der Waals surface area (Å²) < 4.78 is 2.47. The number of amides is 1. The molecular formula is C16H17ClN6OS2. The summed E-state index contributed by atoms with van der Waals surface area (Å²) in [4.78, 5) is 12.1. The summed E-state index contributed by atoms with van der Waals surface area (Å²) >= 11 is 8.68. The number of hydrogen-bond acceptors (Lipinski definition) is 7. The summed E-state index contributed by atoms with van der Waals surface area (Å²) in [6.45, 7) is 4.01. The first-order chi connectivity index (χ1) is 12.5. The smallest absolute Gasteiger partial charge is 0.235 e. The Balaban J connectivity index is 1.53. The van der Waals surface area contributed by atoms with E-state index in [1.165, 1.54) is 23.1 Å². The average Bonchev–Trinajstić information content (AvgIpc) is 3.22. The number of carbonyl (C=O) groups excluding carboxylic acids is 1. The van der Waals surface area contributed by atoms with Gasteiger partial charge in [0.25, 0.3) is 0 Å². The molecule has 2 heterocycles. The maximum absolute atomic E-state index is 12.1. The van der Waals surface area contributed by atoms with Crippen LogP contribution in [0, 0.1) is 0 Å². The zero-order valence-corrected chi connectivity index (χ0v) is 16.5. The van der Waals surface area contributed by atoms with Gasteiger partial charge in [-0.1, -0.05) is 40.8 Å². The molecule has 0 aliphatic heterocycles. The Kier molecular flexibility index (Phi) is 6.12. The van der Waals surface area contributed by atoms with Gasteiger partial charge < -0.3 is 10.6 Å². The maximum Gasteiger partial charge on any atom is 0.235 e. The van der Waals surface area contributed by atoms with Gasteiger partial charge in [-0.05, 0) is 32.0 Å². The summed E-state index contributed by atoms with van der Waals surface area (Å²) in [5.41, 5.74) is 0.838. The van der Waals surface area contributed by atoms with Crippen LogP contribution in [-0.2, 0) is 4.79 Å². The van der Waals surface area contributed by atoms with Gasteiger partial charge in [-0.3, -0.25) is 4.79 Å². The molecule has 3 rings (SSSR count). The molecule has 26 heavy (non-hydrogen) atoms. The van der Waals surface area contributed by atoms with Crippen LogP contribution in [0.15, 0.2) is 40.9 Å². The lowest BCUT2D eigenvalue weighted by Crippen LogP contribution is -2.18. The number of halogens is 1. The average molecular weight is 409 g/mol. The molecular weight excluding hydrogens is 392 g/mol. The highest BCUT2D eigenvalue weighted by Gasteiger charge is 2.12. The molecule has 2 aromatic heterocycles. The first-order valence-corrected chi connectivity index (χ1v) is 10.0. The summed E-state index contributed by atoms with van der Waals surface area (Å²) in [7, 11) is 0. The maximum atomic E-state index is 12.1. The van der Waals surface area contributed by atoms with E-state index >= 15 is 0 Å². The first kappa shape index (κ1) is 18.7. The SMILES string of the molecule is CC(C)n1nccc1NC(=O)CSc1nnc(Nc2cccc(Cl)c2)s1. The summed E-state index contributed by atoms with van der Waals surface area (Å²) in [6, 6.07) is 9.31. The van der Waals surface area contributed by atoms with Gasteiger partial charge >= 0.3 is 0 Å². The second-order valence-corrected chi connectivity index (χ2v) is 8.24. The number of carbonyl (C=O) groups is 1. The lowest BCUT2D eigenvalue weighted by Gasteiger charge is -2.11. The zero-order valence-electron chi connectivity index (χ0n) is 14.1. The van der Waals surface area contributed by atoms with E-state index in [4.69, 9.17) is 11.6 Å². The van der Waals surface area contributed by atoms with Crippen molar-refractivity contribution >= 4 is 57.2 Å². The van der Waals surface area contributed by atoms with Crippen LogP contribution in [0.3, 0.4) is 0 Å². The van der Waals surface area contributed by atoms with Crippen LogP contribution in [-0.4, -0.2) is 31.6 Å². The van der Waals surface area contributed by atoms with E-state index in [0.29, 0.717) is 20.3 Å². The van der Waals surface area contributed by atoms with Crippen LogP contribution in [0.25, 0.3) is 0 Å². The normalized spacial score (nSPS) is 10.9. The molecule has 0 fully saturated rings. The van der Waals surface area contributed by atoms with Crippen molar-refractivity contribution in [1.29, 1.82) is 0 Å². The molecule has 1 amide bonds. The first-order valence-electron chi connectivity index (χ1n) is 7.83. The second kappa shape index (κ2) is 8.52. The Morgan fingerprint density at radius 1 is 1.35 bits per heavy atom. The third-order valence-electron chi connectivity index (χ3n) is 3.24. The van der Waals surface area contributed by atoms with Crippen molar-refractivity contribution in [2.45, 2.75) is 24.2 Å². The summed E-state index contributed by atoms with van der Waals surface area (Å²) in [5, 5.41) is 19.7. The van der Waals surface area contributed by atoms with Crippen LogP contribution in [0.5, 0.6) is 0 Å². The van der Waals surface area contributed by atoms with Crippen LogP contribution < -0.4 is 10.6 Å². The van der Waals surface area contributed by atoms with E-state index in [1.807, 2.05) is 26.0 Å². The lowest BCUT2D eigenvalue weighted by atomic mass is 10.3. The summed E-state index contributed by atoms with van der Waals surface area (Å²) in [6.07, 6.45) is 1.67. The molecule has 0 aliphatic carbocycles. The molecule has 0 atom stereocenters. The number of thioether (sulfide) groups is 1. The van der Waals surface area contributed by atoms with Crippen molar-refractivity contribution in [2.75, 3.05) is 16.4 Å². The largest absolute Gasteiger partial charge is 0.330 e. The van der Waals surface area contributed by atoms with Gasteiger partial charge in [-0.2, -0.15) is 5.10 Å². The number of aromatic nitrogens is 4. The predicted octanol–water partition coefficient (Wildman–Crippen LogP) is 4.44. The Morgan fingerprint density at radius 3 is 2.96 bits per heavy atom. The Labute approximate surface area is 164 Å². The van der Waals surface area contributed by atoms with Crippen molar-refractivity contribution < 1.29 is 4.79 Å². The topological polar surface area (TPSA) is 84.7 Å². The Hall–Kier alpha value is -2.10. The van der Waals surface area contributed by atoms with Crippen molar-refractivity contribution in [3.63, 3.8) is 0 Å². The quantitative estimate of drug-likeness (QED) is 0.562. The van der Waals surface area contributed by atoms with Gasteiger partial charge in [0.15, 0.2) is 4.34 Å². The molecule has 0 unspecified atom stereocenters. The monoisotopic (exact) mass is 408 g/mol. The van der Waals surface area contributed by atoms with Crippen molar-refractivity contribution in [3.05, 3.63) is 41.6 Å². The fourth-order valence-electron chi connectivity index (χ4n) is 2.14. The zero-order chi connectivity index (χ0) is 18.5. The van der Waals surface area contributed by atoms with Crippen molar-refractivity contribution in [2.24, 2.45) is 0 Å². The van der Waals surface area contributed by atoms with E-state index in [1.54, 1.807) is 29.1 Å². The minimum atomic E-state index is -0.114. The van der Waals surface area contributed by atoms with Gasteiger partial charge in [0.1, 0.15) is 5.82 Å². The number of benzene rings is 1. The molecule has 0 saturated heterocycles. The van der Waals surface area contributed by atoms with Gasteiger partial charge in [0.2, 0.25) is 11.0 Å². The van der Waals surface area contributed by atoms with Crippen LogP contribution in [0.4, 0.5) is 16.6 Å². The molecule has 0 radical (unpaired) electrons. The molecule has 10 heteroatoms. The van der Waals surface area contributed by atoms with Gasteiger partial charge in [0, 0.05) is 22.8 Å². The molecule has 0 bridgehead atoms. The van der Waals surface area contributed by atoms with Gasteiger partial charge in [-0.15, -0.1) is 10.2 Å². The number of anilines is 3. The minimum absolute atomic E-state index is 0.114. The predicted molar refractivity (Wildman–Crippen MR) is 107 cm³/mol. The Morgan fingerprint density at radius 2 is 2.19 bits per heavy atom. The van der Waals surface area contributed by atoms with E-state index in [9.17, 15) is 4.79 Å². The van der Waals surface area contributed by atoms with Gasteiger partial charge in [-0.25, -0.2) is 4.68 Å². The lowest BCUT2D eigenvalue weighted by molar-refractivity contribution is -0.113.